The molecule has 1 heterocycles. The van der Waals surface area contributed by atoms with Gasteiger partial charge in [0.25, 0.3) is 0 Å². The summed E-state index contributed by atoms with van der Waals surface area (Å²) in [4.78, 5) is 10.9. The third-order valence-electron chi connectivity index (χ3n) is 4.51. The Morgan fingerprint density at radius 1 is 1.40 bits per heavy atom. The molecule has 0 bridgehead atoms. The van der Waals surface area contributed by atoms with Crippen LogP contribution in [0.3, 0.4) is 0 Å². The Morgan fingerprint density at radius 3 is 2.76 bits per heavy atom. The van der Waals surface area contributed by atoms with Crippen LogP contribution in [0.4, 0.5) is 4.39 Å². The van der Waals surface area contributed by atoms with Crippen LogP contribution in [0.1, 0.15) is 5.56 Å². The third-order valence-corrected chi connectivity index (χ3v) is 4.86. The van der Waals surface area contributed by atoms with Crippen molar-refractivity contribution in [2.45, 2.75) is 12.6 Å². The molecule has 1 aliphatic rings. The highest BCUT2D eigenvalue weighted by Gasteiger charge is 2.22. The lowest BCUT2D eigenvalue weighted by Gasteiger charge is -2.38. The normalized spacial score (nSPS) is 19.4. The molecule has 1 aromatic carbocycles. The molecule has 142 valence electrons. The molecule has 0 radical (unpaired) electrons. The summed E-state index contributed by atoms with van der Waals surface area (Å²) in [6.07, 6.45) is 0. The SMILES string of the molecule is CN=C(NCC1CN(C)CCN1C)N(C)Cc1c(F)cccc1Cl.I. The van der Waals surface area contributed by atoms with Gasteiger partial charge in [0.2, 0.25) is 0 Å². The molecule has 1 aliphatic heterocycles. The van der Waals surface area contributed by atoms with Gasteiger partial charge in [-0.1, -0.05) is 17.7 Å². The highest BCUT2D eigenvalue weighted by molar-refractivity contribution is 14.0. The monoisotopic (exact) mass is 483 g/mol. The molecule has 8 heteroatoms. The van der Waals surface area contributed by atoms with Crippen molar-refractivity contribution in [1.82, 2.24) is 20.0 Å². The molecular formula is C17H28ClFIN5. The fourth-order valence-electron chi connectivity index (χ4n) is 2.91. The van der Waals surface area contributed by atoms with Crippen molar-refractivity contribution in [2.75, 3.05) is 54.4 Å². The molecule has 1 unspecified atom stereocenters. The number of aliphatic imine (C=N–C) groups is 1. The summed E-state index contributed by atoms with van der Waals surface area (Å²) in [5, 5.41) is 3.83. The number of likely N-dealkylation sites (N-methyl/N-ethyl adjacent to an activating group) is 2. The predicted octanol–water partition coefficient (Wildman–Crippen LogP) is 2.35. The fraction of sp³-hybridized carbons (Fsp3) is 0.588. The Bertz CT molecular complexity index is 566. The van der Waals surface area contributed by atoms with Gasteiger partial charge in [-0.05, 0) is 26.2 Å². The van der Waals surface area contributed by atoms with Crippen LogP contribution in [0.25, 0.3) is 0 Å². The third kappa shape index (κ3) is 6.23. The summed E-state index contributed by atoms with van der Waals surface area (Å²) < 4.78 is 14.0. The van der Waals surface area contributed by atoms with Crippen molar-refractivity contribution in [3.05, 3.63) is 34.6 Å². The van der Waals surface area contributed by atoms with Gasteiger partial charge in [0.1, 0.15) is 5.82 Å². The average molecular weight is 484 g/mol. The number of guanidine groups is 1. The van der Waals surface area contributed by atoms with Gasteiger partial charge in [-0.15, -0.1) is 24.0 Å². The number of hydrogen-bond acceptors (Lipinski definition) is 3. The van der Waals surface area contributed by atoms with Crippen LogP contribution < -0.4 is 5.32 Å². The van der Waals surface area contributed by atoms with Crippen molar-refractivity contribution >= 4 is 41.5 Å². The number of hydrogen-bond donors (Lipinski definition) is 1. The van der Waals surface area contributed by atoms with Gasteiger partial charge in [-0.2, -0.15) is 0 Å². The van der Waals surface area contributed by atoms with Crippen molar-refractivity contribution in [3.63, 3.8) is 0 Å². The maximum Gasteiger partial charge on any atom is 0.193 e. The van der Waals surface area contributed by atoms with Gasteiger partial charge < -0.3 is 15.1 Å². The molecule has 1 saturated heterocycles. The molecule has 25 heavy (non-hydrogen) atoms. The number of halogens is 3. The topological polar surface area (TPSA) is 34.1 Å². The lowest BCUT2D eigenvalue weighted by molar-refractivity contribution is 0.116. The van der Waals surface area contributed by atoms with Crippen LogP contribution in [0.5, 0.6) is 0 Å². The highest BCUT2D eigenvalue weighted by Crippen LogP contribution is 2.20. The van der Waals surface area contributed by atoms with Gasteiger partial charge in [0.05, 0.1) is 0 Å². The van der Waals surface area contributed by atoms with Crippen LogP contribution >= 0.6 is 35.6 Å². The molecule has 1 aromatic rings. The van der Waals surface area contributed by atoms with E-state index in [1.54, 1.807) is 19.2 Å². The number of benzene rings is 1. The molecule has 1 N–H and O–H groups in total. The molecular weight excluding hydrogens is 456 g/mol. The Labute approximate surface area is 172 Å². The Balaban J connectivity index is 0.00000312. The van der Waals surface area contributed by atoms with Crippen molar-refractivity contribution in [2.24, 2.45) is 4.99 Å². The van der Waals surface area contributed by atoms with E-state index in [0.717, 1.165) is 32.1 Å². The number of nitrogens with zero attached hydrogens (tertiary/aromatic N) is 4. The zero-order valence-electron chi connectivity index (χ0n) is 15.3. The predicted molar refractivity (Wildman–Crippen MR) is 114 cm³/mol. The quantitative estimate of drug-likeness (QED) is 0.405. The second kappa shape index (κ2) is 10.5. The molecule has 0 aliphatic carbocycles. The van der Waals surface area contributed by atoms with Gasteiger partial charge in [-0.3, -0.25) is 9.89 Å². The second-order valence-electron chi connectivity index (χ2n) is 6.38. The Morgan fingerprint density at radius 2 is 2.12 bits per heavy atom. The van der Waals surface area contributed by atoms with Crippen molar-refractivity contribution < 1.29 is 4.39 Å². The van der Waals surface area contributed by atoms with E-state index in [1.165, 1.54) is 6.07 Å². The molecule has 2 rings (SSSR count). The standard InChI is InChI=1S/C17H27ClFN5.HI/c1-20-17(21-10-13-11-22(2)8-9-23(13)3)24(4)12-14-15(18)6-5-7-16(14)19;/h5-7,13H,8-12H2,1-4H3,(H,20,21);1H. The number of nitrogens with one attached hydrogen (secondary N) is 1. The summed E-state index contributed by atoms with van der Waals surface area (Å²) in [6, 6.07) is 5.17. The fourth-order valence-corrected chi connectivity index (χ4v) is 3.13. The van der Waals surface area contributed by atoms with E-state index in [0.29, 0.717) is 23.2 Å². The van der Waals surface area contributed by atoms with Gasteiger partial charge in [0, 0.05) is 63.4 Å². The lowest BCUT2D eigenvalue weighted by atomic mass is 10.2. The highest BCUT2D eigenvalue weighted by atomic mass is 127. The minimum Gasteiger partial charge on any atom is -0.355 e. The maximum absolute atomic E-state index is 14.0. The van der Waals surface area contributed by atoms with Gasteiger partial charge in [-0.25, -0.2) is 4.39 Å². The van der Waals surface area contributed by atoms with Crippen LogP contribution in [0, 0.1) is 5.82 Å². The van der Waals surface area contributed by atoms with Gasteiger partial charge >= 0.3 is 0 Å². The van der Waals surface area contributed by atoms with E-state index in [-0.39, 0.29) is 29.8 Å². The first kappa shape index (κ1) is 22.4. The van der Waals surface area contributed by atoms with Gasteiger partial charge in [0.15, 0.2) is 5.96 Å². The molecule has 0 amide bonds. The van der Waals surface area contributed by atoms with Crippen LogP contribution in [-0.4, -0.2) is 81.1 Å². The zero-order chi connectivity index (χ0) is 17.7. The maximum atomic E-state index is 14.0. The Hall–Kier alpha value is -0.640. The molecule has 0 aromatic heterocycles. The summed E-state index contributed by atoms with van der Waals surface area (Å²) in [5.74, 6) is 0.439. The molecule has 1 atom stereocenters. The number of rotatable bonds is 4. The second-order valence-corrected chi connectivity index (χ2v) is 6.79. The average Bonchev–Trinajstić information content (AvgIpc) is 2.54. The number of piperazine rings is 1. The molecule has 1 fully saturated rings. The van der Waals surface area contributed by atoms with Crippen molar-refractivity contribution in [3.8, 4) is 0 Å². The van der Waals surface area contributed by atoms with Crippen LogP contribution in [0.2, 0.25) is 5.02 Å². The molecule has 5 nitrogen and oxygen atoms in total. The molecule has 0 spiro atoms. The van der Waals surface area contributed by atoms with E-state index in [2.05, 4.69) is 34.2 Å². The van der Waals surface area contributed by atoms with E-state index in [4.69, 9.17) is 11.6 Å². The van der Waals surface area contributed by atoms with E-state index >= 15 is 0 Å². The lowest BCUT2D eigenvalue weighted by Crippen LogP contribution is -2.55. The summed E-state index contributed by atoms with van der Waals surface area (Å²) in [5.41, 5.74) is 0.485. The minimum absolute atomic E-state index is 0. The largest absolute Gasteiger partial charge is 0.355 e. The van der Waals surface area contributed by atoms with Crippen molar-refractivity contribution in [1.29, 1.82) is 0 Å². The zero-order valence-corrected chi connectivity index (χ0v) is 18.4. The van der Waals surface area contributed by atoms with E-state index < -0.39 is 0 Å². The van der Waals surface area contributed by atoms with Crippen LogP contribution in [-0.2, 0) is 6.54 Å². The molecule has 0 saturated carbocycles. The van der Waals surface area contributed by atoms with E-state index in [1.807, 2.05) is 11.9 Å². The first-order valence-electron chi connectivity index (χ1n) is 8.15. The Kier molecular flexibility index (Phi) is 9.40. The summed E-state index contributed by atoms with van der Waals surface area (Å²) in [6.45, 7) is 4.33. The summed E-state index contributed by atoms with van der Waals surface area (Å²) >= 11 is 6.12. The first-order valence-corrected chi connectivity index (χ1v) is 8.53. The summed E-state index contributed by atoms with van der Waals surface area (Å²) in [7, 11) is 7.90. The minimum atomic E-state index is -0.293. The smallest absolute Gasteiger partial charge is 0.193 e. The van der Waals surface area contributed by atoms with Crippen LogP contribution in [0.15, 0.2) is 23.2 Å². The first-order chi connectivity index (χ1) is 11.4. The van der Waals surface area contributed by atoms with E-state index in [9.17, 15) is 4.39 Å².